The Hall–Kier alpha value is -3.65. The lowest BCUT2D eigenvalue weighted by atomic mass is 10.0. The first-order valence-corrected chi connectivity index (χ1v) is 11.1. The number of aromatic nitrogens is 2. The molecule has 3 aromatic rings. The molecule has 3 N–H and O–H groups in total. The maximum absolute atomic E-state index is 14.7. The minimum absolute atomic E-state index is 0.185. The van der Waals surface area contributed by atoms with Gasteiger partial charge in [0.15, 0.2) is 0 Å². The van der Waals surface area contributed by atoms with E-state index in [4.69, 9.17) is 10.4 Å². The molecule has 1 aromatic heterocycles. The number of amidine groups is 1. The number of fused-ring (bicyclic) bond motifs is 3. The summed E-state index contributed by atoms with van der Waals surface area (Å²) >= 11 is 0. The summed E-state index contributed by atoms with van der Waals surface area (Å²) in [6.07, 6.45) is 3.64. The van der Waals surface area contributed by atoms with Crippen LogP contribution in [-0.2, 0) is 6.54 Å². The number of benzene rings is 2. The molecule has 0 spiro atoms. The maximum Gasteiger partial charge on any atom is 0.227 e. The van der Waals surface area contributed by atoms with Crippen LogP contribution in [0.2, 0.25) is 0 Å². The molecule has 2 aliphatic heterocycles. The van der Waals surface area contributed by atoms with Crippen molar-refractivity contribution in [3.63, 3.8) is 0 Å². The number of rotatable bonds is 3. The Kier molecular flexibility index (Phi) is 5.60. The third-order valence-electron chi connectivity index (χ3n) is 5.92. The standard InChI is InChI=1S/C25H26FN7/c1-15-13-33(14-16(2)30-15)24(27)21-9-19(7-8-22(21)26)31-25-29-12-18-11-28-10-17-5-3-4-6-20(17)23(18)32-25/h3-10,12,15-16,27,30H,11,13-14H2,1-2H3,(H,29,31,32). The Morgan fingerprint density at radius 3 is 2.76 bits per heavy atom. The number of hydrogen-bond donors (Lipinski definition) is 3. The Morgan fingerprint density at radius 1 is 1.15 bits per heavy atom. The highest BCUT2D eigenvalue weighted by Crippen LogP contribution is 2.29. The summed E-state index contributed by atoms with van der Waals surface area (Å²) in [5.74, 6) is 0.183. The van der Waals surface area contributed by atoms with Gasteiger partial charge in [0.1, 0.15) is 11.7 Å². The van der Waals surface area contributed by atoms with Gasteiger partial charge in [0.25, 0.3) is 0 Å². The number of piperazine rings is 1. The van der Waals surface area contributed by atoms with E-state index in [0.29, 0.717) is 31.3 Å². The molecule has 2 aromatic carbocycles. The normalized spacial score (nSPS) is 19.4. The number of nitrogens with one attached hydrogen (secondary N) is 3. The van der Waals surface area contributed by atoms with Gasteiger partial charge >= 0.3 is 0 Å². The molecule has 8 heteroatoms. The van der Waals surface area contributed by atoms with Crippen molar-refractivity contribution in [2.75, 3.05) is 18.4 Å². The molecule has 33 heavy (non-hydrogen) atoms. The second-order valence-corrected chi connectivity index (χ2v) is 8.67. The van der Waals surface area contributed by atoms with E-state index in [9.17, 15) is 4.39 Å². The highest BCUT2D eigenvalue weighted by Gasteiger charge is 2.25. The average Bonchev–Trinajstić information content (AvgIpc) is 2.98. The van der Waals surface area contributed by atoms with E-state index in [1.807, 2.05) is 35.4 Å². The molecule has 1 saturated heterocycles. The van der Waals surface area contributed by atoms with Crippen molar-refractivity contribution in [1.29, 1.82) is 5.41 Å². The van der Waals surface area contributed by atoms with Gasteiger partial charge in [0.2, 0.25) is 5.95 Å². The maximum atomic E-state index is 14.7. The summed E-state index contributed by atoms with van der Waals surface area (Å²) in [5, 5.41) is 15.3. The minimum Gasteiger partial charge on any atom is -0.353 e. The van der Waals surface area contributed by atoms with E-state index in [-0.39, 0.29) is 23.5 Å². The summed E-state index contributed by atoms with van der Waals surface area (Å²) in [6.45, 7) is 5.99. The van der Waals surface area contributed by atoms with Gasteiger partial charge in [-0.05, 0) is 32.0 Å². The van der Waals surface area contributed by atoms with Gasteiger partial charge < -0.3 is 15.5 Å². The van der Waals surface area contributed by atoms with Gasteiger partial charge in [0.05, 0.1) is 17.8 Å². The minimum atomic E-state index is -0.418. The van der Waals surface area contributed by atoms with Crippen molar-refractivity contribution in [3.8, 4) is 11.3 Å². The molecule has 7 nitrogen and oxygen atoms in total. The second-order valence-electron chi connectivity index (χ2n) is 8.67. The van der Waals surface area contributed by atoms with Gasteiger partial charge in [-0.2, -0.15) is 0 Å². The Balaban J connectivity index is 1.43. The largest absolute Gasteiger partial charge is 0.353 e. The number of aliphatic imine (C=N–C) groups is 1. The van der Waals surface area contributed by atoms with Crippen LogP contribution in [-0.4, -0.2) is 52.1 Å². The van der Waals surface area contributed by atoms with Crippen LogP contribution >= 0.6 is 0 Å². The van der Waals surface area contributed by atoms with Gasteiger partial charge in [-0.3, -0.25) is 10.4 Å². The quantitative estimate of drug-likeness (QED) is 0.421. The first-order chi connectivity index (χ1) is 16.0. The number of nitrogens with zero attached hydrogens (tertiary/aromatic N) is 4. The Bertz CT molecular complexity index is 1230. The van der Waals surface area contributed by atoms with Crippen molar-refractivity contribution in [1.82, 2.24) is 20.2 Å². The molecule has 2 aliphatic rings. The van der Waals surface area contributed by atoms with E-state index < -0.39 is 5.82 Å². The Morgan fingerprint density at radius 2 is 1.94 bits per heavy atom. The van der Waals surface area contributed by atoms with Crippen LogP contribution in [0.25, 0.3) is 11.3 Å². The monoisotopic (exact) mass is 443 g/mol. The highest BCUT2D eigenvalue weighted by atomic mass is 19.1. The smallest absolute Gasteiger partial charge is 0.227 e. The first-order valence-electron chi connectivity index (χ1n) is 11.1. The molecule has 2 atom stereocenters. The van der Waals surface area contributed by atoms with E-state index >= 15 is 0 Å². The molecule has 1 fully saturated rings. The summed E-state index contributed by atoms with van der Waals surface area (Å²) in [7, 11) is 0. The first kappa shape index (κ1) is 21.2. The zero-order chi connectivity index (χ0) is 22.9. The molecule has 0 aliphatic carbocycles. The van der Waals surface area contributed by atoms with Crippen LogP contribution in [0.15, 0.2) is 53.7 Å². The molecule has 0 radical (unpaired) electrons. The van der Waals surface area contributed by atoms with Crippen molar-refractivity contribution in [2.24, 2.45) is 4.99 Å². The molecule has 168 valence electrons. The van der Waals surface area contributed by atoms with E-state index in [0.717, 1.165) is 22.4 Å². The third kappa shape index (κ3) is 4.34. The lowest BCUT2D eigenvalue weighted by molar-refractivity contribution is 0.254. The van der Waals surface area contributed by atoms with Crippen molar-refractivity contribution in [2.45, 2.75) is 32.5 Å². The van der Waals surface area contributed by atoms with Crippen LogP contribution in [0, 0.1) is 11.2 Å². The van der Waals surface area contributed by atoms with Crippen LogP contribution < -0.4 is 10.6 Å². The topological polar surface area (TPSA) is 89.3 Å². The fraction of sp³-hybridized carbons (Fsp3) is 0.280. The summed E-state index contributed by atoms with van der Waals surface area (Å²) in [5.41, 5.74) is 4.69. The molecular weight excluding hydrogens is 417 g/mol. The second kappa shape index (κ2) is 8.71. The number of anilines is 2. The molecule has 2 unspecified atom stereocenters. The highest BCUT2D eigenvalue weighted by molar-refractivity contribution is 5.97. The fourth-order valence-corrected chi connectivity index (χ4v) is 4.48. The van der Waals surface area contributed by atoms with E-state index in [1.54, 1.807) is 18.3 Å². The molecule has 0 amide bonds. The molecule has 5 rings (SSSR count). The lowest BCUT2D eigenvalue weighted by Crippen LogP contribution is -2.55. The van der Waals surface area contributed by atoms with E-state index in [1.165, 1.54) is 6.07 Å². The van der Waals surface area contributed by atoms with Crippen molar-refractivity contribution in [3.05, 3.63) is 71.2 Å². The van der Waals surface area contributed by atoms with Crippen LogP contribution in [0.4, 0.5) is 16.0 Å². The average molecular weight is 444 g/mol. The zero-order valence-electron chi connectivity index (χ0n) is 18.6. The summed E-state index contributed by atoms with van der Waals surface area (Å²) in [4.78, 5) is 15.6. The Labute approximate surface area is 192 Å². The van der Waals surface area contributed by atoms with E-state index in [2.05, 4.69) is 34.5 Å². The SMILES string of the molecule is CC1CN(C(=N)c2cc(Nc3ncc4c(n3)-c3ccccc3C=NC4)ccc2F)CC(C)N1. The van der Waals surface area contributed by atoms with Crippen molar-refractivity contribution >= 4 is 23.7 Å². The third-order valence-corrected chi connectivity index (χ3v) is 5.92. The molecule has 0 saturated carbocycles. The van der Waals surface area contributed by atoms with Crippen LogP contribution in [0.3, 0.4) is 0 Å². The van der Waals surface area contributed by atoms with Crippen LogP contribution in [0.5, 0.6) is 0 Å². The van der Waals surface area contributed by atoms with Gasteiger partial charge in [0, 0.05) is 60.0 Å². The molecular formula is C25H26FN7. The fourth-order valence-electron chi connectivity index (χ4n) is 4.48. The number of halogens is 1. The zero-order valence-corrected chi connectivity index (χ0v) is 18.6. The van der Waals surface area contributed by atoms with Gasteiger partial charge in [-0.1, -0.05) is 24.3 Å². The number of hydrogen-bond acceptors (Lipinski definition) is 6. The lowest BCUT2D eigenvalue weighted by Gasteiger charge is -2.37. The summed E-state index contributed by atoms with van der Waals surface area (Å²) in [6, 6.07) is 13.1. The van der Waals surface area contributed by atoms with Gasteiger partial charge in [-0.15, -0.1) is 0 Å². The molecule has 0 bridgehead atoms. The molecule has 3 heterocycles. The van der Waals surface area contributed by atoms with Crippen molar-refractivity contribution < 1.29 is 4.39 Å². The predicted octanol–water partition coefficient (Wildman–Crippen LogP) is 3.97. The summed E-state index contributed by atoms with van der Waals surface area (Å²) < 4.78 is 14.7. The van der Waals surface area contributed by atoms with Crippen LogP contribution in [0.1, 0.15) is 30.5 Å². The predicted molar refractivity (Wildman–Crippen MR) is 129 cm³/mol. The van der Waals surface area contributed by atoms with Gasteiger partial charge in [-0.25, -0.2) is 14.4 Å².